The highest BCUT2D eigenvalue weighted by atomic mass is 16.2. The molecule has 0 N–H and O–H groups in total. The van der Waals surface area contributed by atoms with Gasteiger partial charge in [-0.15, -0.1) is 0 Å². The van der Waals surface area contributed by atoms with E-state index >= 15 is 0 Å². The van der Waals surface area contributed by atoms with Crippen LogP contribution < -0.4 is 0 Å². The molecule has 1 unspecified atom stereocenters. The molecule has 1 amide bonds. The average molecular weight is 257 g/mol. The van der Waals surface area contributed by atoms with Crippen LogP contribution in [0.15, 0.2) is 24.3 Å². The number of carbonyl (C=O) groups is 1. The molecule has 1 atom stereocenters. The molecule has 4 heteroatoms. The standard InChI is InChI=1S/C15H19N3O/c1-17-7-6-13(10-17)11-18(2)15(19)14-5-3-4-12(8-14)9-16/h3-5,8,13H,6-7,10-11H2,1-2H3. The van der Waals surface area contributed by atoms with Crippen molar-refractivity contribution in [3.05, 3.63) is 35.4 Å². The number of carbonyl (C=O) groups excluding carboxylic acids is 1. The van der Waals surface area contributed by atoms with Gasteiger partial charge in [0, 0.05) is 25.7 Å². The summed E-state index contributed by atoms with van der Waals surface area (Å²) in [4.78, 5) is 16.3. The molecule has 1 heterocycles. The monoisotopic (exact) mass is 257 g/mol. The van der Waals surface area contributed by atoms with Crippen LogP contribution >= 0.6 is 0 Å². The van der Waals surface area contributed by atoms with Gasteiger partial charge in [0.1, 0.15) is 0 Å². The molecule has 1 aliphatic heterocycles. The zero-order valence-electron chi connectivity index (χ0n) is 11.5. The molecular weight excluding hydrogens is 238 g/mol. The second-order valence-electron chi connectivity index (χ2n) is 5.30. The number of hydrogen-bond acceptors (Lipinski definition) is 3. The molecule has 100 valence electrons. The number of amides is 1. The van der Waals surface area contributed by atoms with Crippen molar-refractivity contribution >= 4 is 5.91 Å². The lowest BCUT2D eigenvalue weighted by molar-refractivity contribution is 0.0774. The second kappa shape index (κ2) is 5.85. The highest BCUT2D eigenvalue weighted by molar-refractivity contribution is 5.94. The van der Waals surface area contributed by atoms with Gasteiger partial charge in [-0.2, -0.15) is 5.26 Å². The summed E-state index contributed by atoms with van der Waals surface area (Å²) in [5.74, 6) is 0.546. The van der Waals surface area contributed by atoms with E-state index in [-0.39, 0.29) is 5.91 Å². The van der Waals surface area contributed by atoms with Gasteiger partial charge >= 0.3 is 0 Å². The first-order chi connectivity index (χ1) is 9.10. The predicted molar refractivity (Wildman–Crippen MR) is 73.7 cm³/mol. The second-order valence-corrected chi connectivity index (χ2v) is 5.30. The number of nitrogens with zero attached hydrogens (tertiary/aromatic N) is 3. The number of nitriles is 1. The van der Waals surface area contributed by atoms with E-state index in [1.54, 1.807) is 29.2 Å². The molecule has 2 rings (SSSR count). The van der Waals surface area contributed by atoms with Crippen LogP contribution in [0.25, 0.3) is 0 Å². The molecule has 0 saturated carbocycles. The maximum atomic E-state index is 12.3. The summed E-state index contributed by atoms with van der Waals surface area (Å²) < 4.78 is 0. The smallest absolute Gasteiger partial charge is 0.253 e. The maximum absolute atomic E-state index is 12.3. The third kappa shape index (κ3) is 3.33. The molecule has 0 aromatic heterocycles. The van der Waals surface area contributed by atoms with Crippen molar-refractivity contribution in [2.24, 2.45) is 5.92 Å². The summed E-state index contributed by atoms with van der Waals surface area (Å²) in [7, 11) is 3.94. The summed E-state index contributed by atoms with van der Waals surface area (Å²) >= 11 is 0. The van der Waals surface area contributed by atoms with E-state index in [4.69, 9.17) is 5.26 Å². The first-order valence-corrected chi connectivity index (χ1v) is 6.54. The first kappa shape index (κ1) is 13.6. The van der Waals surface area contributed by atoms with Crippen LogP contribution in [0.4, 0.5) is 0 Å². The molecule has 0 radical (unpaired) electrons. The van der Waals surface area contributed by atoms with E-state index in [1.165, 1.54) is 0 Å². The summed E-state index contributed by atoms with van der Waals surface area (Å²) in [5, 5.41) is 8.86. The normalized spacial score (nSPS) is 19.1. The van der Waals surface area contributed by atoms with Gasteiger partial charge < -0.3 is 9.80 Å². The highest BCUT2D eigenvalue weighted by Gasteiger charge is 2.23. The molecule has 1 saturated heterocycles. The molecule has 0 bridgehead atoms. The van der Waals surface area contributed by atoms with Gasteiger partial charge in [-0.3, -0.25) is 4.79 Å². The molecule has 1 aromatic carbocycles. The van der Waals surface area contributed by atoms with E-state index in [0.29, 0.717) is 17.0 Å². The van der Waals surface area contributed by atoms with Gasteiger partial charge in [0.15, 0.2) is 0 Å². The molecule has 4 nitrogen and oxygen atoms in total. The fourth-order valence-corrected chi connectivity index (χ4v) is 2.59. The van der Waals surface area contributed by atoms with Gasteiger partial charge in [0.25, 0.3) is 5.91 Å². The molecule has 0 spiro atoms. The van der Waals surface area contributed by atoms with Crippen LogP contribution in [0.1, 0.15) is 22.3 Å². The molecule has 1 aromatic rings. The number of rotatable bonds is 3. The van der Waals surface area contributed by atoms with E-state index in [1.807, 2.05) is 7.05 Å². The van der Waals surface area contributed by atoms with E-state index < -0.39 is 0 Å². The van der Waals surface area contributed by atoms with Gasteiger partial charge in [-0.05, 0) is 44.1 Å². The Morgan fingerprint density at radius 3 is 3.00 bits per heavy atom. The van der Waals surface area contributed by atoms with Crippen LogP contribution in [0.5, 0.6) is 0 Å². The largest absolute Gasteiger partial charge is 0.341 e. The molecular formula is C15H19N3O. The van der Waals surface area contributed by atoms with E-state index in [2.05, 4.69) is 18.0 Å². The van der Waals surface area contributed by atoms with Crippen LogP contribution in [0, 0.1) is 17.2 Å². The van der Waals surface area contributed by atoms with Crippen molar-refractivity contribution in [2.45, 2.75) is 6.42 Å². The molecule has 1 aliphatic rings. The van der Waals surface area contributed by atoms with Crippen LogP contribution in [-0.4, -0.2) is 49.4 Å². The fourth-order valence-electron chi connectivity index (χ4n) is 2.59. The zero-order chi connectivity index (χ0) is 13.8. The quantitative estimate of drug-likeness (QED) is 0.826. The van der Waals surface area contributed by atoms with Crippen molar-refractivity contribution in [3.63, 3.8) is 0 Å². The Balaban J connectivity index is 2.00. The Morgan fingerprint density at radius 2 is 2.37 bits per heavy atom. The van der Waals surface area contributed by atoms with Crippen molar-refractivity contribution in [2.75, 3.05) is 33.7 Å². The van der Waals surface area contributed by atoms with E-state index in [0.717, 1.165) is 26.1 Å². The van der Waals surface area contributed by atoms with Crippen LogP contribution in [0.3, 0.4) is 0 Å². The lowest BCUT2D eigenvalue weighted by Crippen LogP contribution is -2.32. The predicted octanol–water partition coefficient (Wildman–Crippen LogP) is 1.58. The van der Waals surface area contributed by atoms with Gasteiger partial charge in [0.05, 0.1) is 11.6 Å². The summed E-state index contributed by atoms with van der Waals surface area (Å²) in [6.07, 6.45) is 1.15. The van der Waals surface area contributed by atoms with Crippen molar-refractivity contribution in [1.82, 2.24) is 9.80 Å². The van der Waals surface area contributed by atoms with Crippen molar-refractivity contribution < 1.29 is 4.79 Å². The fraction of sp³-hybridized carbons (Fsp3) is 0.467. The SMILES string of the molecule is CN1CCC(CN(C)C(=O)c2cccc(C#N)c2)C1. The number of benzene rings is 1. The average Bonchev–Trinajstić information content (AvgIpc) is 2.83. The zero-order valence-corrected chi connectivity index (χ0v) is 11.5. The molecule has 19 heavy (non-hydrogen) atoms. The summed E-state index contributed by atoms with van der Waals surface area (Å²) in [5.41, 5.74) is 1.12. The Morgan fingerprint density at radius 1 is 1.58 bits per heavy atom. The minimum atomic E-state index is -0.00773. The first-order valence-electron chi connectivity index (χ1n) is 6.54. The Kier molecular flexibility index (Phi) is 4.18. The lowest BCUT2D eigenvalue weighted by atomic mass is 10.1. The van der Waals surface area contributed by atoms with Crippen LogP contribution in [-0.2, 0) is 0 Å². The third-order valence-corrected chi connectivity index (χ3v) is 3.61. The van der Waals surface area contributed by atoms with Crippen molar-refractivity contribution in [1.29, 1.82) is 5.26 Å². The maximum Gasteiger partial charge on any atom is 0.253 e. The van der Waals surface area contributed by atoms with E-state index in [9.17, 15) is 4.79 Å². The molecule has 1 fully saturated rings. The number of hydrogen-bond donors (Lipinski definition) is 0. The Labute approximate surface area is 114 Å². The van der Waals surface area contributed by atoms with Crippen LogP contribution in [0.2, 0.25) is 0 Å². The van der Waals surface area contributed by atoms with Gasteiger partial charge in [0.2, 0.25) is 0 Å². The lowest BCUT2D eigenvalue weighted by Gasteiger charge is -2.21. The highest BCUT2D eigenvalue weighted by Crippen LogP contribution is 2.16. The minimum absolute atomic E-state index is 0.00773. The van der Waals surface area contributed by atoms with Gasteiger partial charge in [-0.25, -0.2) is 0 Å². The summed E-state index contributed by atoms with van der Waals surface area (Å²) in [6.45, 7) is 2.94. The van der Waals surface area contributed by atoms with Gasteiger partial charge in [-0.1, -0.05) is 6.07 Å². The minimum Gasteiger partial charge on any atom is -0.341 e. The molecule has 0 aliphatic carbocycles. The Bertz CT molecular complexity index is 506. The topological polar surface area (TPSA) is 47.3 Å². The van der Waals surface area contributed by atoms with Crippen molar-refractivity contribution in [3.8, 4) is 6.07 Å². The number of likely N-dealkylation sites (tertiary alicyclic amines) is 1. The third-order valence-electron chi connectivity index (χ3n) is 3.61. The summed E-state index contributed by atoms with van der Waals surface area (Å²) in [6, 6.07) is 8.94. The Hall–Kier alpha value is -1.86.